The van der Waals surface area contributed by atoms with E-state index in [0.29, 0.717) is 24.3 Å². The highest BCUT2D eigenvalue weighted by Crippen LogP contribution is 1.79. The third-order valence-corrected chi connectivity index (χ3v) is 1.85. The van der Waals surface area contributed by atoms with Gasteiger partial charge in [-0.3, -0.25) is 9.20 Å². The van der Waals surface area contributed by atoms with Crippen LogP contribution in [0, 0.1) is 0 Å². The summed E-state index contributed by atoms with van der Waals surface area (Å²) >= 11 is 0. The lowest BCUT2D eigenvalue weighted by atomic mass is 10.4. The lowest BCUT2D eigenvalue weighted by molar-refractivity contribution is 0.686. The zero-order valence-electron chi connectivity index (χ0n) is 7.83. The van der Waals surface area contributed by atoms with E-state index in [-0.39, 0.29) is 0 Å². The van der Waals surface area contributed by atoms with Gasteiger partial charge >= 0.3 is 0 Å². The van der Waals surface area contributed by atoms with Crippen molar-refractivity contribution in [1.82, 2.24) is 5.32 Å². The molecule has 1 atom stereocenters. The monoisotopic (exact) mass is 191 g/mol. The topological polar surface area (TPSA) is 67.5 Å². The number of nitrogens with two attached hydrogens (primary N) is 1. The first-order valence-electron chi connectivity index (χ1n) is 3.89. The van der Waals surface area contributed by atoms with Gasteiger partial charge in [0, 0.05) is 28.9 Å². The van der Waals surface area contributed by atoms with Gasteiger partial charge in [0.1, 0.15) is 0 Å². The minimum absolute atomic E-state index is 0.292. The molecule has 0 aliphatic rings. The summed E-state index contributed by atoms with van der Waals surface area (Å²) in [6.07, 6.45) is 1.65. The van der Waals surface area contributed by atoms with Gasteiger partial charge in [0.2, 0.25) is 0 Å². The molecule has 72 valence electrons. The highest BCUT2D eigenvalue weighted by atomic mass is 32.2. The Morgan fingerprint density at radius 1 is 1.67 bits per heavy atom. The van der Waals surface area contributed by atoms with E-state index in [4.69, 9.17) is 5.73 Å². The van der Waals surface area contributed by atoms with E-state index < -0.39 is 10.8 Å². The van der Waals surface area contributed by atoms with Gasteiger partial charge in [-0.15, -0.1) is 0 Å². The first-order valence-corrected chi connectivity index (χ1v) is 5.61. The van der Waals surface area contributed by atoms with Gasteiger partial charge in [-0.05, 0) is 13.8 Å². The Morgan fingerprint density at radius 2 is 2.25 bits per heavy atom. The van der Waals surface area contributed by atoms with Crippen LogP contribution in [0.4, 0.5) is 0 Å². The van der Waals surface area contributed by atoms with Gasteiger partial charge in [0.15, 0.2) is 5.96 Å². The summed E-state index contributed by atoms with van der Waals surface area (Å²) in [4.78, 5) is 3.99. The Labute approximate surface area is 76.1 Å². The van der Waals surface area contributed by atoms with E-state index in [2.05, 4.69) is 10.3 Å². The number of guanidine groups is 1. The third kappa shape index (κ3) is 7.53. The second-order valence-electron chi connectivity index (χ2n) is 2.84. The molecular formula is C7H17N3OS. The van der Waals surface area contributed by atoms with Crippen molar-refractivity contribution in [2.75, 3.05) is 18.6 Å². The van der Waals surface area contributed by atoms with E-state index in [0.717, 1.165) is 0 Å². The van der Waals surface area contributed by atoms with Gasteiger partial charge < -0.3 is 11.1 Å². The SMILES string of the molecule is CC(C)NC(N)=NCCS(C)=O. The molecule has 0 bridgehead atoms. The first kappa shape index (κ1) is 11.4. The summed E-state index contributed by atoms with van der Waals surface area (Å²) in [5.41, 5.74) is 5.50. The van der Waals surface area contributed by atoms with Crippen LogP contribution in [0.3, 0.4) is 0 Å². The van der Waals surface area contributed by atoms with Crippen molar-refractivity contribution in [3.63, 3.8) is 0 Å². The van der Waals surface area contributed by atoms with Gasteiger partial charge in [-0.2, -0.15) is 0 Å². The summed E-state index contributed by atoms with van der Waals surface area (Å²) in [6, 6.07) is 0.292. The van der Waals surface area contributed by atoms with Crippen LogP contribution in [-0.2, 0) is 10.8 Å². The Morgan fingerprint density at radius 3 is 2.67 bits per heavy atom. The first-order chi connectivity index (χ1) is 5.52. The summed E-state index contributed by atoms with van der Waals surface area (Å²) in [7, 11) is -0.785. The fraction of sp³-hybridized carbons (Fsp3) is 0.857. The number of nitrogens with zero attached hydrogens (tertiary/aromatic N) is 1. The molecule has 0 aliphatic carbocycles. The highest BCUT2D eigenvalue weighted by molar-refractivity contribution is 7.84. The number of aliphatic imine (C=N–C) groups is 1. The van der Waals surface area contributed by atoms with Crippen LogP contribution in [0.1, 0.15) is 13.8 Å². The van der Waals surface area contributed by atoms with E-state index >= 15 is 0 Å². The van der Waals surface area contributed by atoms with Gasteiger partial charge in [0.05, 0.1) is 6.54 Å². The van der Waals surface area contributed by atoms with Crippen LogP contribution in [0.2, 0.25) is 0 Å². The van der Waals surface area contributed by atoms with Crippen molar-refractivity contribution in [3.05, 3.63) is 0 Å². The van der Waals surface area contributed by atoms with E-state index in [1.165, 1.54) is 0 Å². The smallest absolute Gasteiger partial charge is 0.188 e. The van der Waals surface area contributed by atoms with Crippen LogP contribution in [-0.4, -0.2) is 34.8 Å². The summed E-state index contributed by atoms with van der Waals surface area (Å²) in [5, 5.41) is 2.95. The molecule has 0 heterocycles. The van der Waals surface area contributed by atoms with E-state index in [1.807, 2.05) is 13.8 Å². The predicted octanol–water partition coefficient (Wildman–Crippen LogP) is -0.322. The summed E-state index contributed by atoms with van der Waals surface area (Å²) < 4.78 is 10.6. The number of hydrogen-bond donors (Lipinski definition) is 2. The third-order valence-electron chi connectivity index (χ3n) is 1.10. The Balaban J connectivity index is 3.62. The van der Waals surface area contributed by atoms with Gasteiger partial charge in [-0.1, -0.05) is 0 Å². The molecule has 0 aromatic heterocycles. The molecule has 3 N–H and O–H groups in total. The lowest BCUT2D eigenvalue weighted by Crippen LogP contribution is -2.37. The van der Waals surface area contributed by atoms with E-state index in [9.17, 15) is 4.21 Å². The molecule has 0 aromatic rings. The summed E-state index contributed by atoms with van der Waals surface area (Å²) in [5.74, 6) is 0.996. The number of rotatable bonds is 4. The maximum Gasteiger partial charge on any atom is 0.188 e. The van der Waals surface area contributed by atoms with Crippen LogP contribution in [0.15, 0.2) is 4.99 Å². The maximum atomic E-state index is 10.6. The fourth-order valence-electron chi connectivity index (χ4n) is 0.636. The Bertz CT molecular complexity index is 179. The van der Waals surface area contributed by atoms with Crippen molar-refractivity contribution in [1.29, 1.82) is 0 Å². The average molecular weight is 191 g/mol. The molecule has 0 aromatic carbocycles. The summed E-state index contributed by atoms with van der Waals surface area (Å²) in [6.45, 7) is 4.50. The van der Waals surface area contributed by atoms with Crippen molar-refractivity contribution < 1.29 is 4.21 Å². The van der Waals surface area contributed by atoms with Crippen LogP contribution >= 0.6 is 0 Å². The fourth-order valence-corrected chi connectivity index (χ4v) is 0.984. The molecule has 0 amide bonds. The number of nitrogens with one attached hydrogen (secondary N) is 1. The molecule has 0 radical (unpaired) electrons. The Hall–Kier alpha value is -0.580. The zero-order chi connectivity index (χ0) is 9.56. The van der Waals surface area contributed by atoms with Gasteiger partial charge in [-0.25, -0.2) is 0 Å². The second-order valence-corrected chi connectivity index (χ2v) is 4.40. The van der Waals surface area contributed by atoms with Crippen LogP contribution < -0.4 is 11.1 Å². The minimum Gasteiger partial charge on any atom is -0.370 e. The molecule has 0 saturated carbocycles. The van der Waals surface area contributed by atoms with E-state index in [1.54, 1.807) is 6.26 Å². The molecule has 0 spiro atoms. The van der Waals surface area contributed by atoms with Crippen molar-refractivity contribution in [2.24, 2.45) is 10.7 Å². The molecule has 0 fully saturated rings. The van der Waals surface area contributed by atoms with Crippen molar-refractivity contribution in [2.45, 2.75) is 19.9 Å². The lowest BCUT2D eigenvalue weighted by Gasteiger charge is -2.07. The van der Waals surface area contributed by atoms with Gasteiger partial charge in [0.25, 0.3) is 0 Å². The van der Waals surface area contributed by atoms with Crippen molar-refractivity contribution in [3.8, 4) is 0 Å². The quantitative estimate of drug-likeness (QED) is 0.472. The maximum absolute atomic E-state index is 10.6. The minimum atomic E-state index is -0.785. The molecular weight excluding hydrogens is 174 g/mol. The zero-order valence-corrected chi connectivity index (χ0v) is 8.65. The highest BCUT2D eigenvalue weighted by Gasteiger charge is 1.94. The van der Waals surface area contributed by atoms with Crippen LogP contribution in [0.25, 0.3) is 0 Å². The molecule has 12 heavy (non-hydrogen) atoms. The largest absolute Gasteiger partial charge is 0.370 e. The van der Waals surface area contributed by atoms with Crippen LogP contribution in [0.5, 0.6) is 0 Å². The molecule has 1 unspecified atom stereocenters. The second kappa shape index (κ2) is 5.99. The molecule has 0 aliphatic heterocycles. The predicted molar refractivity (Wildman–Crippen MR) is 53.7 cm³/mol. The standard InChI is InChI=1S/C7H17N3OS/c1-6(2)10-7(8)9-4-5-12(3)11/h6H,4-5H2,1-3H3,(H3,8,9,10). The molecule has 0 saturated heterocycles. The Kier molecular flexibility index (Phi) is 5.70. The average Bonchev–Trinajstić information content (AvgIpc) is 1.84. The van der Waals surface area contributed by atoms with Crippen molar-refractivity contribution >= 4 is 16.8 Å². The molecule has 5 heteroatoms. The normalized spacial score (nSPS) is 14.8. The molecule has 4 nitrogen and oxygen atoms in total. The molecule has 0 rings (SSSR count). The number of hydrogen-bond acceptors (Lipinski definition) is 2.